The molecule has 0 aliphatic rings. The van der Waals surface area contributed by atoms with Gasteiger partial charge in [-0.3, -0.25) is 4.98 Å². The smallest absolute Gasteiger partial charge is 0.157 e. The normalized spacial score (nSPS) is 9.88. The molecule has 6 heteroatoms. The molecule has 2 aromatic heterocycles. The first-order chi connectivity index (χ1) is 8.20. The summed E-state index contributed by atoms with van der Waals surface area (Å²) in [5.74, 6) is 0.275. The van der Waals surface area contributed by atoms with Crippen molar-refractivity contribution in [3.8, 4) is 6.07 Å². The first-order valence-corrected chi connectivity index (χ1v) is 5.79. The number of aromatic nitrogens is 2. The van der Waals surface area contributed by atoms with Gasteiger partial charge in [0.2, 0.25) is 0 Å². The maximum atomic E-state index is 8.91. The van der Waals surface area contributed by atoms with E-state index in [9.17, 15) is 0 Å². The molecule has 0 aliphatic heterocycles. The van der Waals surface area contributed by atoms with E-state index in [2.05, 4.69) is 14.7 Å². The van der Waals surface area contributed by atoms with Crippen LogP contribution >= 0.6 is 11.5 Å². The lowest BCUT2D eigenvalue weighted by molar-refractivity contribution is 1.02. The van der Waals surface area contributed by atoms with Crippen LogP contribution < -0.4 is 11.1 Å². The summed E-state index contributed by atoms with van der Waals surface area (Å²) in [5, 5.41) is 12.7. The molecule has 0 saturated heterocycles. The van der Waals surface area contributed by atoms with Crippen LogP contribution in [0.4, 0.5) is 10.8 Å². The SMILES string of the molecule is Cc1cccc(CNc2snc(N)c2C#N)n1. The van der Waals surface area contributed by atoms with E-state index in [1.807, 2.05) is 31.2 Å². The van der Waals surface area contributed by atoms with Gasteiger partial charge in [0.05, 0.1) is 12.2 Å². The number of pyridine rings is 1. The number of nitrogen functional groups attached to an aromatic ring is 1. The largest absolute Gasteiger partial charge is 0.382 e. The number of anilines is 2. The second kappa shape index (κ2) is 4.80. The average molecular weight is 245 g/mol. The summed E-state index contributed by atoms with van der Waals surface area (Å²) in [5.41, 5.74) is 7.86. The highest BCUT2D eigenvalue weighted by molar-refractivity contribution is 7.10. The van der Waals surface area contributed by atoms with Gasteiger partial charge < -0.3 is 11.1 Å². The van der Waals surface area contributed by atoms with Crippen molar-refractivity contribution in [3.05, 3.63) is 35.2 Å². The molecule has 2 rings (SSSR count). The van der Waals surface area contributed by atoms with Gasteiger partial charge in [0.15, 0.2) is 5.82 Å². The third-order valence-corrected chi connectivity index (χ3v) is 3.03. The van der Waals surface area contributed by atoms with Crippen LogP contribution in [0.1, 0.15) is 17.0 Å². The molecule has 0 atom stereocenters. The van der Waals surface area contributed by atoms with Crippen molar-refractivity contribution in [3.63, 3.8) is 0 Å². The lowest BCUT2D eigenvalue weighted by atomic mass is 10.3. The molecule has 0 spiro atoms. The Hall–Kier alpha value is -2.13. The van der Waals surface area contributed by atoms with Crippen molar-refractivity contribution < 1.29 is 0 Å². The van der Waals surface area contributed by atoms with Crippen LogP contribution in [0, 0.1) is 18.3 Å². The Morgan fingerprint density at radius 3 is 3.06 bits per heavy atom. The van der Waals surface area contributed by atoms with Gasteiger partial charge in [-0.05, 0) is 30.6 Å². The molecule has 0 aromatic carbocycles. The van der Waals surface area contributed by atoms with Gasteiger partial charge in [-0.25, -0.2) is 0 Å². The summed E-state index contributed by atoms with van der Waals surface area (Å²) in [6.45, 7) is 2.49. The van der Waals surface area contributed by atoms with Gasteiger partial charge >= 0.3 is 0 Å². The van der Waals surface area contributed by atoms with E-state index in [4.69, 9.17) is 11.0 Å². The minimum Gasteiger partial charge on any atom is -0.382 e. The molecular weight excluding hydrogens is 234 g/mol. The van der Waals surface area contributed by atoms with Crippen molar-refractivity contribution in [2.75, 3.05) is 11.1 Å². The monoisotopic (exact) mass is 245 g/mol. The fourth-order valence-electron chi connectivity index (χ4n) is 1.40. The van der Waals surface area contributed by atoms with Crippen LogP contribution in [0.3, 0.4) is 0 Å². The van der Waals surface area contributed by atoms with E-state index in [1.165, 1.54) is 11.5 Å². The Bertz CT molecular complexity index is 569. The zero-order chi connectivity index (χ0) is 12.3. The Kier molecular flexibility index (Phi) is 3.21. The highest BCUT2D eigenvalue weighted by Crippen LogP contribution is 2.25. The standard InChI is InChI=1S/C11H11N5S/c1-7-3-2-4-8(15-7)6-14-11-9(5-12)10(13)16-17-11/h2-4,14H,6H2,1H3,(H2,13,16). The predicted molar refractivity (Wildman–Crippen MR) is 67.5 cm³/mol. The molecule has 86 valence electrons. The lowest BCUT2D eigenvalue weighted by Gasteiger charge is -2.03. The number of nitrogens with zero attached hydrogens (tertiary/aromatic N) is 3. The van der Waals surface area contributed by atoms with Crippen LogP contribution in [0.5, 0.6) is 0 Å². The van der Waals surface area contributed by atoms with Crippen LogP contribution in [0.25, 0.3) is 0 Å². The van der Waals surface area contributed by atoms with E-state index in [0.717, 1.165) is 11.4 Å². The molecule has 0 radical (unpaired) electrons. The quantitative estimate of drug-likeness (QED) is 0.862. The molecule has 0 amide bonds. The first-order valence-electron chi connectivity index (χ1n) is 5.02. The van der Waals surface area contributed by atoms with E-state index in [0.29, 0.717) is 17.1 Å². The molecular formula is C11H11N5S. The molecule has 2 aromatic rings. The maximum absolute atomic E-state index is 8.91. The van der Waals surface area contributed by atoms with Crippen LogP contribution in [-0.4, -0.2) is 9.36 Å². The summed E-state index contributed by atoms with van der Waals surface area (Å²) in [4.78, 5) is 4.36. The predicted octanol–water partition coefficient (Wildman–Crippen LogP) is 1.91. The number of aryl methyl sites for hydroxylation is 1. The number of hydrogen-bond donors (Lipinski definition) is 2. The summed E-state index contributed by atoms with van der Waals surface area (Å²) < 4.78 is 3.93. The fourth-order valence-corrected chi connectivity index (χ4v) is 2.06. The maximum Gasteiger partial charge on any atom is 0.157 e. The van der Waals surface area contributed by atoms with Crippen LogP contribution in [0.15, 0.2) is 18.2 Å². The Morgan fingerprint density at radius 2 is 2.35 bits per heavy atom. The second-order valence-electron chi connectivity index (χ2n) is 3.51. The minimum absolute atomic E-state index is 0.275. The summed E-state index contributed by atoms with van der Waals surface area (Å²) >= 11 is 1.19. The van der Waals surface area contributed by atoms with E-state index >= 15 is 0 Å². The average Bonchev–Trinajstić information content (AvgIpc) is 2.67. The number of rotatable bonds is 3. The van der Waals surface area contributed by atoms with Gasteiger partial charge in [-0.1, -0.05) is 6.07 Å². The Labute approximate surface area is 103 Å². The fraction of sp³-hybridized carbons (Fsp3) is 0.182. The highest BCUT2D eigenvalue weighted by Gasteiger charge is 2.10. The van der Waals surface area contributed by atoms with E-state index in [1.54, 1.807) is 0 Å². The van der Waals surface area contributed by atoms with E-state index < -0.39 is 0 Å². The molecule has 2 heterocycles. The minimum atomic E-state index is 0.275. The van der Waals surface area contributed by atoms with Gasteiger partial charge in [-0.2, -0.15) is 9.64 Å². The molecule has 0 aliphatic carbocycles. The second-order valence-corrected chi connectivity index (χ2v) is 4.28. The molecule has 0 fully saturated rings. The third kappa shape index (κ3) is 2.52. The molecule has 17 heavy (non-hydrogen) atoms. The number of nitrogens with two attached hydrogens (primary N) is 1. The summed E-state index contributed by atoms with van der Waals surface area (Å²) in [6, 6.07) is 7.85. The molecule has 3 N–H and O–H groups in total. The van der Waals surface area contributed by atoms with Gasteiger partial charge in [0, 0.05) is 5.69 Å². The van der Waals surface area contributed by atoms with Crippen molar-refractivity contribution in [2.24, 2.45) is 0 Å². The van der Waals surface area contributed by atoms with Crippen molar-refractivity contribution in [2.45, 2.75) is 13.5 Å². The summed E-state index contributed by atoms with van der Waals surface area (Å²) in [6.07, 6.45) is 0. The molecule has 0 unspecified atom stereocenters. The zero-order valence-corrected chi connectivity index (χ0v) is 10.1. The highest BCUT2D eigenvalue weighted by atomic mass is 32.1. The number of nitrogens with one attached hydrogen (secondary N) is 1. The summed E-state index contributed by atoms with van der Waals surface area (Å²) in [7, 11) is 0. The topological polar surface area (TPSA) is 87.6 Å². The van der Waals surface area contributed by atoms with Crippen LogP contribution in [0.2, 0.25) is 0 Å². The Morgan fingerprint density at radius 1 is 1.53 bits per heavy atom. The van der Waals surface area contributed by atoms with Crippen LogP contribution in [-0.2, 0) is 6.54 Å². The first kappa shape index (κ1) is 11.4. The van der Waals surface area contributed by atoms with Crippen molar-refractivity contribution in [1.82, 2.24) is 9.36 Å². The van der Waals surface area contributed by atoms with Gasteiger partial charge in [-0.15, -0.1) is 0 Å². The number of nitriles is 1. The molecule has 5 nitrogen and oxygen atoms in total. The van der Waals surface area contributed by atoms with Gasteiger partial charge in [0.25, 0.3) is 0 Å². The third-order valence-electron chi connectivity index (χ3n) is 2.21. The molecule has 0 bridgehead atoms. The van der Waals surface area contributed by atoms with Crippen molar-refractivity contribution in [1.29, 1.82) is 5.26 Å². The van der Waals surface area contributed by atoms with Crippen molar-refractivity contribution >= 4 is 22.4 Å². The lowest BCUT2D eigenvalue weighted by Crippen LogP contribution is -2.02. The Balaban J connectivity index is 2.10. The van der Waals surface area contributed by atoms with E-state index in [-0.39, 0.29) is 5.82 Å². The molecule has 0 saturated carbocycles. The zero-order valence-electron chi connectivity index (χ0n) is 9.27. The van der Waals surface area contributed by atoms with Gasteiger partial charge in [0.1, 0.15) is 16.6 Å². The number of hydrogen-bond acceptors (Lipinski definition) is 6.